The number of hydrogen-bond donors (Lipinski definition) is 1. The number of aromatic nitrogens is 2. The zero-order chi connectivity index (χ0) is 14.9. The Kier molecular flexibility index (Phi) is 3.66. The second-order valence-electron chi connectivity index (χ2n) is 5.84. The molecule has 1 aromatic carbocycles. The maximum absolute atomic E-state index is 10.6. The summed E-state index contributed by atoms with van der Waals surface area (Å²) in [5.41, 5.74) is 3.23. The Labute approximate surface area is 118 Å². The predicted molar refractivity (Wildman–Crippen MR) is 80.8 cm³/mol. The molecule has 0 amide bonds. The zero-order valence-electron chi connectivity index (χ0n) is 12.3. The molecule has 0 atom stereocenters. The van der Waals surface area contributed by atoms with Gasteiger partial charge in [0.05, 0.1) is 11.0 Å². The highest BCUT2D eigenvalue weighted by Crippen LogP contribution is 2.26. The van der Waals surface area contributed by atoms with Gasteiger partial charge in [-0.3, -0.25) is 0 Å². The van der Waals surface area contributed by atoms with Crippen molar-refractivity contribution in [3.8, 4) is 0 Å². The predicted octanol–water partition coefficient (Wildman–Crippen LogP) is 3.45. The number of aryl methyl sites for hydroxylation is 1. The molecule has 0 saturated carbocycles. The summed E-state index contributed by atoms with van der Waals surface area (Å²) in [6, 6.07) is 6.25. The lowest BCUT2D eigenvalue weighted by Gasteiger charge is -2.18. The molecule has 0 saturated heterocycles. The van der Waals surface area contributed by atoms with Crippen molar-refractivity contribution in [1.29, 1.82) is 0 Å². The number of carboxylic acid groups (broad SMARTS) is 1. The summed E-state index contributed by atoms with van der Waals surface area (Å²) in [7, 11) is 0. The summed E-state index contributed by atoms with van der Waals surface area (Å²) in [6.07, 6.45) is 2.67. The van der Waals surface area contributed by atoms with E-state index >= 15 is 0 Å². The molecule has 0 spiro atoms. The molecule has 1 heterocycles. The van der Waals surface area contributed by atoms with Crippen LogP contribution in [0, 0.1) is 0 Å². The molecule has 0 bridgehead atoms. The van der Waals surface area contributed by atoms with Crippen LogP contribution in [0.25, 0.3) is 17.1 Å². The maximum atomic E-state index is 10.6. The van der Waals surface area contributed by atoms with Gasteiger partial charge in [0.1, 0.15) is 5.82 Å². The third-order valence-electron chi connectivity index (χ3n) is 3.33. The molecule has 106 valence electrons. The van der Waals surface area contributed by atoms with E-state index in [-0.39, 0.29) is 5.41 Å². The van der Waals surface area contributed by atoms with Crippen molar-refractivity contribution < 1.29 is 9.90 Å². The van der Waals surface area contributed by atoms with Crippen LogP contribution in [0.5, 0.6) is 0 Å². The molecule has 0 aliphatic rings. The molecule has 0 aliphatic carbocycles. The second-order valence-corrected chi connectivity index (χ2v) is 5.84. The van der Waals surface area contributed by atoms with Crippen LogP contribution in [0.15, 0.2) is 24.3 Å². The third kappa shape index (κ3) is 2.74. The first-order valence-corrected chi connectivity index (χ1v) is 6.74. The monoisotopic (exact) mass is 272 g/mol. The number of fused-ring (bicyclic) bond motifs is 1. The normalized spacial score (nSPS) is 12.4. The fourth-order valence-corrected chi connectivity index (χ4v) is 2.22. The minimum Gasteiger partial charge on any atom is -0.478 e. The number of rotatable bonds is 3. The molecule has 4 heteroatoms. The molecule has 2 rings (SSSR count). The van der Waals surface area contributed by atoms with Gasteiger partial charge in [0.25, 0.3) is 0 Å². The van der Waals surface area contributed by atoms with E-state index in [9.17, 15) is 4.79 Å². The average molecular weight is 272 g/mol. The fourth-order valence-electron chi connectivity index (χ4n) is 2.22. The summed E-state index contributed by atoms with van der Waals surface area (Å²) in [4.78, 5) is 15.2. The van der Waals surface area contributed by atoms with Crippen LogP contribution in [0.1, 0.15) is 39.1 Å². The van der Waals surface area contributed by atoms with Gasteiger partial charge >= 0.3 is 5.97 Å². The molecule has 20 heavy (non-hydrogen) atoms. The number of benzene rings is 1. The zero-order valence-corrected chi connectivity index (χ0v) is 12.3. The van der Waals surface area contributed by atoms with Crippen LogP contribution < -0.4 is 0 Å². The van der Waals surface area contributed by atoms with E-state index in [1.54, 1.807) is 6.08 Å². The lowest BCUT2D eigenvalue weighted by molar-refractivity contribution is -0.131. The van der Waals surface area contributed by atoms with Crippen molar-refractivity contribution in [3.05, 3.63) is 35.7 Å². The van der Waals surface area contributed by atoms with Crippen molar-refractivity contribution in [2.75, 3.05) is 0 Å². The molecular formula is C16H20N2O2. The quantitative estimate of drug-likeness (QED) is 0.871. The van der Waals surface area contributed by atoms with Gasteiger partial charge in [-0.05, 0) is 36.1 Å². The summed E-state index contributed by atoms with van der Waals surface area (Å²) in [5.74, 6) is -0.286. The van der Waals surface area contributed by atoms with Crippen molar-refractivity contribution in [1.82, 2.24) is 9.55 Å². The maximum Gasteiger partial charge on any atom is 0.328 e. The van der Waals surface area contributed by atoms with Gasteiger partial charge in [0.2, 0.25) is 0 Å². The number of imidazole rings is 1. The number of nitrogens with zero attached hydrogens (tertiary/aromatic N) is 2. The summed E-state index contributed by atoms with van der Waals surface area (Å²) in [5, 5.41) is 8.74. The molecule has 0 unspecified atom stereocenters. The highest BCUT2D eigenvalue weighted by molar-refractivity contribution is 5.86. The Hall–Kier alpha value is -2.10. The Morgan fingerprint density at radius 2 is 2.10 bits per heavy atom. The molecule has 1 N–H and O–H groups in total. The van der Waals surface area contributed by atoms with E-state index < -0.39 is 5.97 Å². The highest BCUT2D eigenvalue weighted by Gasteiger charge is 2.16. The van der Waals surface area contributed by atoms with Crippen LogP contribution >= 0.6 is 0 Å². The van der Waals surface area contributed by atoms with Crippen molar-refractivity contribution in [3.63, 3.8) is 0 Å². The van der Waals surface area contributed by atoms with Gasteiger partial charge in [-0.1, -0.05) is 26.8 Å². The number of aliphatic carboxylic acids is 1. The standard InChI is InChI=1S/C16H20N2O2/c1-5-18-13-7-6-11(16(2,3)4)10-12(13)17-14(18)8-9-15(19)20/h6-10H,5H2,1-4H3,(H,19,20)/b9-8+. The Morgan fingerprint density at radius 3 is 2.65 bits per heavy atom. The molecule has 2 aromatic rings. The first kappa shape index (κ1) is 14.3. The van der Waals surface area contributed by atoms with Crippen molar-refractivity contribution >= 4 is 23.1 Å². The average Bonchev–Trinajstić information content (AvgIpc) is 2.71. The third-order valence-corrected chi connectivity index (χ3v) is 3.33. The fraction of sp³-hybridized carbons (Fsp3) is 0.375. The van der Waals surface area contributed by atoms with Crippen LogP contribution in [-0.4, -0.2) is 20.6 Å². The van der Waals surface area contributed by atoms with Crippen LogP contribution in [-0.2, 0) is 16.8 Å². The van der Waals surface area contributed by atoms with Gasteiger partial charge in [-0.25, -0.2) is 9.78 Å². The lowest BCUT2D eigenvalue weighted by Crippen LogP contribution is -2.10. The first-order chi connectivity index (χ1) is 9.32. The molecule has 0 aliphatic heterocycles. The van der Waals surface area contributed by atoms with Gasteiger partial charge in [0.15, 0.2) is 0 Å². The number of carboxylic acids is 1. The molecule has 1 aromatic heterocycles. The van der Waals surface area contributed by atoms with Crippen molar-refractivity contribution in [2.45, 2.75) is 39.7 Å². The summed E-state index contributed by atoms with van der Waals surface area (Å²) in [6.45, 7) is 9.27. The van der Waals surface area contributed by atoms with Crippen LogP contribution in [0.4, 0.5) is 0 Å². The first-order valence-electron chi connectivity index (χ1n) is 6.74. The van der Waals surface area contributed by atoms with Gasteiger partial charge in [0, 0.05) is 12.6 Å². The summed E-state index contributed by atoms with van der Waals surface area (Å²) >= 11 is 0. The number of hydrogen-bond acceptors (Lipinski definition) is 2. The van der Waals surface area contributed by atoms with E-state index in [0.29, 0.717) is 5.82 Å². The lowest BCUT2D eigenvalue weighted by atomic mass is 9.87. The molecular weight excluding hydrogens is 252 g/mol. The summed E-state index contributed by atoms with van der Waals surface area (Å²) < 4.78 is 2.02. The smallest absolute Gasteiger partial charge is 0.328 e. The Morgan fingerprint density at radius 1 is 1.40 bits per heavy atom. The van der Waals surface area contributed by atoms with E-state index in [0.717, 1.165) is 23.7 Å². The molecule has 0 radical (unpaired) electrons. The Balaban J connectivity index is 2.59. The van der Waals surface area contributed by atoms with Gasteiger partial charge < -0.3 is 9.67 Å². The van der Waals surface area contributed by atoms with Crippen LogP contribution in [0.3, 0.4) is 0 Å². The second kappa shape index (κ2) is 5.12. The SMILES string of the molecule is CCn1c(/C=C/C(=O)O)nc2cc(C(C)(C)C)ccc21. The molecule has 0 fully saturated rings. The number of carbonyl (C=O) groups is 1. The molecule has 4 nitrogen and oxygen atoms in total. The largest absolute Gasteiger partial charge is 0.478 e. The highest BCUT2D eigenvalue weighted by atomic mass is 16.4. The topological polar surface area (TPSA) is 55.1 Å². The van der Waals surface area contributed by atoms with E-state index in [1.165, 1.54) is 5.56 Å². The van der Waals surface area contributed by atoms with E-state index in [1.807, 2.05) is 11.5 Å². The minimum atomic E-state index is -0.963. The Bertz CT molecular complexity index is 676. The van der Waals surface area contributed by atoms with Gasteiger partial charge in [-0.15, -0.1) is 0 Å². The van der Waals surface area contributed by atoms with Crippen molar-refractivity contribution in [2.24, 2.45) is 0 Å². The minimum absolute atomic E-state index is 0.0707. The van der Waals surface area contributed by atoms with E-state index in [4.69, 9.17) is 5.11 Å². The van der Waals surface area contributed by atoms with Crippen LogP contribution in [0.2, 0.25) is 0 Å². The van der Waals surface area contributed by atoms with Gasteiger partial charge in [-0.2, -0.15) is 0 Å². The van der Waals surface area contributed by atoms with E-state index in [2.05, 4.69) is 44.0 Å².